The predicted octanol–water partition coefficient (Wildman–Crippen LogP) is 3.10. The van der Waals surface area contributed by atoms with Crippen LogP contribution in [0.1, 0.15) is 17.1 Å². The lowest BCUT2D eigenvalue weighted by molar-refractivity contribution is -0.116. The molecule has 5 nitrogen and oxygen atoms in total. The monoisotopic (exact) mass is 307 g/mol. The van der Waals surface area contributed by atoms with Crippen LogP contribution in [0.2, 0.25) is 0 Å². The summed E-state index contributed by atoms with van der Waals surface area (Å²) < 4.78 is 7.16. The van der Waals surface area contributed by atoms with Crippen molar-refractivity contribution in [1.29, 1.82) is 0 Å². The maximum atomic E-state index is 11.8. The van der Waals surface area contributed by atoms with Crippen LogP contribution < -0.4 is 5.32 Å². The smallest absolute Gasteiger partial charge is 0.244 e. The van der Waals surface area contributed by atoms with Crippen LogP contribution in [0.5, 0.6) is 0 Å². The summed E-state index contributed by atoms with van der Waals surface area (Å²) in [5.74, 6) is 1.33. The number of rotatable bonds is 5. The fourth-order valence-electron chi connectivity index (χ4n) is 2.14. The third-order valence-corrected chi connectivity index (χ3v) is 3.33. The van der Waals surface area contributed by atoms with Gasteiger partial charge in [-0.15, -0.1) is 0 Å². The minimum absolute atomic E-state index is 0.157. The number of carbonyl (C=O) groups excluding carboxylic acids is 1. The molecule has 116 valence electrons. The first kappa shape index (κ1) is 14.8. The van der Waals surface area contributed by atoms with E-state index in [0.717, 1.165) is 17.0 Å². The Morgan fingerprint density at radius 2 is 2.09 bits per heavy atom. The van der Waals surface area contributed by atoms with Crippen LogP contribution in [0.15, 0.2) is 65.4 Å². The molecule has 1 amide bonds. The van der Waals surface area contributed by atoms with Crippen LogP contribution in [-0.4, -0.2) is 15.7 Å². The van der Waals surface area contributed by atoms with E-state index in [1.807, 2.05) is 55.6 Å². The van der Waals surface area contributed by atoms with Crippen LogP contribution in [0, 0.1) is 6.92 Å². The molecule has 5 heteroatoms. The Kier molecular flexibility index (Phi) is 4.38. The maximum absolute atomic E-state index is 11.8. The maximum Gasteiger partial charge on any atom is 0.244 e. The van der Waals surface area contributed by atoms with Crippen molar-refractivity contribution in [3.05, 3.63) is 78.0 Å². The molecule has 0 spiro atoms. The lowest BCUT2D eigenvalue weighted by Gasteiger charge is -2.05. The van der Waals surface area contributed by atoms with Gasteiger partial charge in [0.1, 0.15) is 11.5 Å². The predicted molar refractivity (Wildman–Crippen MR) is 87.9 cm³/mol. The summed E-state index contributed by atoms with van der Waals surface area (Å²) in [5, 5.41) is 7.01. The number of hydrogen-bond donors (Lipinski definition) is 1. The van der Waals surface area contributed by atoms with E-state index in [-0.39, 0.29) is 5.91 Å². The quantitative estimate of drug-likeness (QED) is 0.737. The lowest BCUT2D eigenvalue weighted by Crippen LogP contribution is -2.20. The second-order valence-corrected chi connectivity index (χ2v) is 5.12. The Labute approximate surface area is 134 Å². The average molecular weight is 307 g/mol. The first-order valence-corrected chi connectivity index (χ1v) is 7.32. The summed E-state index contributed by atoms with van der Waals surface area (Å²) in [6, 6.07) is 13.4. The number of benzene rings is 1. The number of nitrogens with zero attached hydrogens (tertiary/aromatic N) is 2. The molecule has 1 aromatic carbocycles. The van der Waals surface area contributed by atoms with Crippen LogP contribution in [0.3, 0.4) is 0 Å². The van der Waals surface area contributed by atoms with Gasteiger partial charge in [-0.2, -0.15) is 5.10 Å². The topological polar surface area (TPSA) is 60.1 Å². The van der Waals surface area contributed by atoms with Crippen molar-refractivity contribution in [1.82, 2.24) is 15.1 Å². The highest BCUT2D eigenvalue weighted by Crippen LogP contribution is 2.09. The van der Waals surface area contributed by atoms with Gasteiger partial charge in [-0.05, 0) is 48.9 Å². The van der Waals surface area contributed by atoms with Crippen LogP contribution in [0.25, 0.3) is 11.8 Å². The molecule has 2 aromatic heterocycles. The molecule has 0 unspecified atom stereocenters. The molecule has 23 heavy (non-hydrogen) atoms. The third-order valence-electron chi connectivity index (χ3n) is 3.33. The highest BCUT2D eigenvalue weighted by molar-refractivity contribution is 5.91. The van der Waals surface area contributed by atoms with E-state index in [1.54, 1.807) is 17.0 Å². The molecule has 0 aliphatic heterocycles. The van der Waals surface area contributed by atoms with E-state index in [2.05, 4.69) is 10.4 Å². The van der Waals surface area contributed by atoms with E-state index in [9.17, 15) is 4.79 Å². The zero-order valence-electron chi connectivity index (χ0n) is 12.8. The molecule has 3 aromatic rings. The Morgan fingerprint density at radius 3 is 2.74 bits per heavy atom. The lowest BCUT2D eigenvalue weighted by atomic mass is 10.2. The van der Waals surface area contributed by atoms with Gasteiger partial charge < -0.3 is 9.73 Å². The molecule has 0 atom stereocenters. The first-order valence-electron chi connectivity index (χ1n) is 7.32. The van der Waals surface area contributed by atoms with Gasteiger partial charge >= 0.3 is 0 Å². The SMILES string of the molecule is Cc1ccc(/C=C/C(=O)NCc2ccc(-n3cccn3)cc2)o1. The number of amides is 1. The zero-order chi connectivity index (χ0) is 16.1. The second kappa shape index (κ2) is 6.79. The van der Waals surface area contributed by atoms with Gasteiger partial charge in [0.15, 0.2) is 0 Å². The van der Waals surface area contributed by atoms with Crippen LogP contribution in [-0.2, 0) is 11.3 Å². The summed E-state index contributed by atoms with van der Waals surface area (Å²) in [6.07, 6.45) is 6.75. The largest absolute Gasteiger partial charge is 0.462 e. The van der Waals surface area contributed by atoms with Gasteiger partial charge in [0.05, 0.1) is 5.69 Å². The minimum atomic E-state index is -0.157. The molecule has 0 saturated carbocycles. The average Bonchev–Trinajstić information content (AvgIpc) is 3.23. The molecule has 0 bridgehead atoms. The van der Waals surface area contributed by atoms with Crippen LogP contribution >= 0.6 is 0 Å². The molecule has 0 saturated heterocycles. The number of carbonyl (C=O) groups is 1. The molecule has 1 N–H and O–H groups in total. The number of hydrogen-bond acceptors (Lipinski definition) is 3. The summed E-state index contributed by atoms with van der Waals surface area (Å²) in [7, 11) is 0. The summed E-state index contributed by atoms with van der Waals surface area (Å²) in [6.45, 7) is 2.34. The van der Waals surface area contributed by atoms with E-state index < -0.39 is 0 Å². The van der Waals surface area contributed by atoms with Crippen molar-refractivity contribution >= 4 is 12.0 Å². The number of aromatic nitrogens is 2. The van der Waals surface area contributed by atoms with Crippen molar-refractivity contribution in [2.75, 3.05) is 0 Å². The molecule has 0 fully saturated rings. The Morgan fingerprint density at radius 1 is 1.26 bits per heavy atom. The molecule has 0 aliphatic carbocycles. The number of furan rings is 1. The minimum Gasteiger partial charge on any atom is -0.462 e. The van der Waals surface area contributed by atoms with Gasteiger partial charge in [0.2, 0.25) is 5.91 Å². The highest BCUT2D eigenvalue weighted by atomic mass is 16.3. The van der Waals surface area contributed by atoms with Gasteiger partial charge in [0.25, 0.3) is 0 Å². The highest BCUT2D eigenvalue weighted by Gasteiger charge is 2.00. The second-order valence-electron chi connectivity index (χ2n) is 5.12. The van der Waals surface area contributed by atoms with E-state index in [0.29, 0.717) is 12.3 Å². The van der Waals surface area contributed by atoms with Gasteiger partial charge in [-0.3, -0.25) is 4.79 Å². The van der Waals surface area contributed by atoms with Gasteiger partial charge in [-0.25, -0.2) is 4.68 Å². The normalized spacial score (nSPS) is 11.0. The summed E-state index contributed by atoms with van der Waals surface area (Å²) >= 11 is 0. The molecule has 0 radical (unpaired) electrons. The van der Waals surface area contributed by atoms with E-state index in [1.165, 1.54) is 6.08 Å². The van der Waals surface area contributed by atoms with Gasteiger partial charge in [0, 0.05) is 25.0 Å². The number of nitrogens with one attached hydrogen (secondary N) is 1. The molecule has 3 rings (SSSR count). The fraction of sp³-hybridized carbons (Fsp3) is 0.111. The van der Waals surface area contributed by atoms with Crippen molar-refractivity contribution < 1.29 is 9.21 Å². The standard InChI is InChI=1S/C18H17N3O2/c1-14-3-8-17(23-14)9-10-18(22)19-13-15-4-6-16(7-5-15)21-12-2-11-20-21/h2-12H,13H2,1H3,(H,19,22)/b10-9+. The van der Waals surface area contributed by atoms with Crippen molar-refractivity contribution in [3.8, 4) is 5.69 Å². The molecule has 2 heterocycles. The van der Waals surface area contributed by atoms with Crippen LogP contribution in [0.4, 0.5) is 0 Å². The van der Waals surface area contributed by atoms with Crippen molar-refractivity contribution in [3.63, 3.8) is 0 Å². The third kappa shape index (κ3) is 3.97. The van der Waals surface area contributed by atoms with E-state index in [4.69, 9.17) is 4.42 Å². The Balaban J connectivity index is 1.53. The summed E-state index contributed by atoms with van der Waals surface area (Å²) in [5.41, 5.74) is 2.01. The Bertz CT molecular complexity index is 799. The molecule has 0 aliphatic rings. The van der Waals surface area contributed by atoms with Crippen molar-refractivity contribution in [2.45, 2.75) is 13.5 Å². The zero-order valence-corrected chi connectivity index (χ0v) is 12.8. The van der Waals surface area contributed by atoms with Gasteiger partial charge in [-0.1, -0.05) is 12.1 Å². The van der Waals surface area contributed by atoms with Crippen molar-refractivity contribution in [2.24, 2.45) is 0 Å². The Hall–Kier alpha value is -3.08. The molecular weight excluding hydrogens is 290 g/mol. The number of aryl methyl sites for hydroxylation is 1. The first-order chi connectivity index (χ1) is 11.2. The van der Waals surface area contributed by atoms with E-state index >= 15 is 0 Å². The molecular formula is C18H17N3O2. The summed E-state index contributed by atoms with van der Waals surface area (Å²) in [4.78, 5) is 11.8. The fourth-order valence-corrected chi connectivity index (χ4v) is 2.14.